The Kier molecular flexibility index (Phi) is 5.65. The van der Waals surface area contributed by atoms with E-state index in [0.717, 1.165) is 6.42 Å². The van der Waals surface area contributed by atoms with E-state index in [9.17, 15) is 0 Å². The lowest BCUT2D eigenvalue weighted by atomic mass is 10.4. The van der Waals surface area contributed by atoms with Gasteiger partial charge in [-0.25, -0.2) is 0 Å². The summed E-state index contributed by atoms with van der Waals surface area (Å²) >= 11 is 0. The summed E-state index contributed by atoms with van der Waals surface area (Å²) in [6, 6.07) is 0. The maximum Gasteiger partial charge on any atom is 0.0106 e. The van der Waals surface area contributed by atoms with Gasteiger partial charge in [-0.2, -0.15) is 0 Å². The summed E-state index contributed by atoms with van der Waals surface area (Å²) in [5.41, 5.74) is 10.2. The molecule has 0 aliphatic heterocycles. The van der Waals surface area contributed by atoms with E-state index in [1.54, 1.807) is 0 Å². The quantitative estimate of drug-likeness (QED) is 0.518. The average molecular weight is 112 g/mol. The van der Waals surface area contributed by atoms with Gasteiger partial charge in [-0.15, -0.1) is 0 Å². The molecule has 4 N–H and O–H groups in total. The van der Waals surface area contributed by atoms with Gasteiger partial charge in [0.25, 0.3) is 0 Å². The molecule has 0 aromatic rings. The Bertz CT molecular complexity index is 84.5. The number of hydrogen-bond donors (Lipinski definition) is 2. The molecule has 2 nitrogen and oxygen atoms in total. The van der Waals surface area contributed by atoms with Gasteiger partial charge in [-0.3, -0.25) is 0 Å². The Labute approximate surface area is 49.9 Å². The van der Waals surface area contributed by atoms with E-state index in [-0.39, 0.29) is 0 Å². The highest BCUT2D eigenvalue weighted by atomic mass is 14.5. The molecule has 0 rings (SSSR count). The minimum atomic E-state index is 0.610. The molecule has 8 heavy (non-hydrogen) atoms. The van der Waals surface area contributed by atoms with Crippen LogP contribution in [-0.4, -0.2) is 6.54 Å². The Hall–Kier alpha value is -0.760. The second-order valence-electron chi connectivity index (χ2n) is 1.37. The van der Waals surface area contributed by atoms with Gasteiger partial charge in [-0.05, 0) is 12.6 Å². The Morgan fingerprint density at radius 2 is 1.88 bits per heavy atom. The van der Waals surface area contributed by atoms with Crippen LogP contribution in [0.25, 0.3) is 0 Å². The molecular weight excluding hydrogens is 100 g/mol. The van der Waals surface area contributed by atoms with E-state index in [1.807, 2.05) is 18.2 Å². The van der Waals surface area contributed by atoms with Crippen LogP contribution in [0, 0.1) is 0 Å². The Balaban J connectivity index is 3.03. The predicted molar refractivity (Wildman–Crippen MR) is 36.1 cm³/mol. The van der Waals surface area contributed by atoms with Crippen molar-refractivity contribution in [2.75, 3.05) is 6.54 Å². The maximum absolute atomic E-state index is 5.17. The molecule has 0 saturated heterocycles. The van der Waals surface area contributed by atoms with E-state index in [2.05, 4.69) is 0 Å². The van der Waals surface area contributed by atoms with Crippen molar-refractivity contribution >= 4 is 0 Å². The van der Waals surface area contributed by atoms with Gasteiger partial charge in [0.1, 0.15) is 0 Å². The second kappa shape index (κ2) is 6.24. The number of hydrogen-bond acceptors (Lipinski definition) is 2. The van der Waals surface area contributed by atoms with E-state index in [0.29, 0.717) is 6.54 Å². The van der Waals surface area contributed by atoms with Gasteiger partial charge in [0.05, 0.1) is 0 Å². The van der Waals surface area contributed by atoms with Crippen LogP contribution < -0.4 is 11.5 Å². The molecule has 0 heterocycles. The second-order valence-corrected chi connectivity index (χ2v) is 1.37. The molecule has 0 spiro atoms. The lowest BCUT2D eigenvalue weighted by Gasteiger charge is -1.77. The molecule has 46 valence electrons. The molecule has 0 aromatic carbocycles. The van der Waals surface area contributed by atoms with Crippen LogP contribution in [-0.2, 0) is 0 Å². The van der Waals surface area contributed by atoms with Gasteiger partial charge in [0, 0.05) is 6.54 Å². The summed E-state index contributed by atoms with van der Waals surface area (Å²) in [5.74, 6) is 0. The van der Waals surface area contributed by atoms with Crippen molar-refractivity contribution in [2.24, 2.45) is 11.5 Å². The minimum Gasteiger partial charge on any atom is -0.405 e. The number of allylic oxidation sites excluding steroid dienone is 2. The SMILES string of the molecule is NC=CCC=CCN. The van der Waals surface area contributed by atoms with Gasteiger partial charge >= 0.3 is 0 Å². The number of rotatable bonds is 3. The first-order chi connectivity index (χ1) is 3.91. The van der Waals surface area contributed by atoms with E-state index in [4.69, 9.17) is 11.5 Å². The van der Waals surface area contributed by atoms with Crippen LogP contribution in [0.5, 0.6) is 0 Å². The van der Waals surface area contributed by atoms with Crippen molar-refractivity contribution < 1.29 is 0 Å². The topological polar surface area (TPSA) is 52.0 Å². The first-order valence-electron chi connectivity index (χ1n) is 2.63. The zero-order chi connectivity index (χ0) is 6.24. The monoisotopic (exact) mass is 112 g/mol. The lowest BCUT2D eigenvalue weighted by molar-refractivity contribution is 1.22. The smallest absolute Gasteiger partial charge is 0.0106 e. The van der Waals surface area contributed by atoms with Crippen LogP contribution in [0.3, 0.4) is 0 Å². The normalized spacial score (nSPS) is 11.6. The van der Waals surface area contributed by atoms with Crippen molar-refractivity contribution in [3.05, 3.63) is 24.4 Å². The average Bonchev–Trinajstić information content (AvgIpc) is 1.81. The van der Waals surface area contributed by atoms with Crippen LogP contribution >= 0.6 is 0 Å². The molecule has 0 aliphatic carbocycles. The maximum atomic E-state index is 5.17. The summed E-state index contributed by atoms with van der Waals surface area (Å²) in [6.45, 7) is 0.610. The fourth-order valence-corrected chi connectivity index (χ4v) is 0.350. The van der Waals surface area contributed by atoms with Crippen LogP contribution in [0.2, 0.25) is 0 Å². The van der Waals surface area contributed by atoms with Crippen LogP contribution in [0.1, 0.15) is 6.42 Å². The summed E-state index contributed by atoms with van der Waals surface area (Å²) in [5, 5.41) is 0. The summed E-state index contributed by atoms with van der Waals surface area (Å²) in [7, 11) is 0. The van der Waals surface area contributed by atoms with Crippen LogP contribution in [0.15, 0.2) is 24.4 Å². The molecular formula is C6H12N2. The Morgan fingerprint density at radius 3 is 2.38 bits per heavy atom. The standard InChI is InChI=1S/C6H12N2/c7-5-3-1-2-4-6-8/h1,3-4,6H,2,5,7-8H2. The highest BCUT2D eigenvalue weighted by Crippen LogP contribution is 1.80. The first kappa shape index (κ1) is 7.24. The van der Waals surface area contributed by atoms with Crippen molar-refractivity contribution in [1.82, 2.24) is 0 Å². The van der Waals surface area contributed by atoms with Gasteiger partial charge in [-0.1, -0.05) is 18.2 Å². The molecule has 0 unspecified atom stereocenters. The highest BCUT2D eigenvalue weighted by molar-refractivity contribution is 4.91. The molecule has 0 atom stereocenters. The van der Waals surface area contributed by atoms with E-state index < -0.39 is 0 Å². The van der Waals surface area contributed by atoms with Crippen LogP contribution in [0.4, 0.5) is 0 Å². The van der Waals surface area contributed by atoms with Gasteiger partial charge in [0.15, 0.2) is 0 Å². The largest absolute Gasteiger partial charge is 0.405 e. The molecule has 0 aliphatic rings. The third kappa shape index (κ3) is 5.24. The van der Waals surface area contributed by atoms with Crippen molar-refractivity contribution in [2.45, 2.75) is 6.42 Å². The third-order valence-electron chi connectivity index (χ3n) is 0.711. The Morgan fingerprint density at radius 1 is 1.12 bits per heavy atom. The van der Waals surface area contributed by atoms with Gasteiger partial charge in [0.2, 0.25) is 0 Å². The van der Waals surface area contributed by atoms with E-state index >= 15 is 0 Å². The molecule has 0 radical (unpaired) electrons. The molecule has 0 aromatic heterocycles. The lowest BCUT2D eigenvalue weighted by Crippen LogP contribution is -1.91. The molecule has 2 heteroatoms. The highest BCUT2D eigenvalue weighted by Gasteiger charge is 1.65. The first-order valence-corrected chi connectivity index (χ1v) is 2.63. The fraction of sp³-hybridized carbons (Fsp3) is 0.333. The summed E-state index contributed by atoms with van der Waals surface area (Å²) in [4.78, 5) is 0. The van der Waals surface area contributed by atoms with Gasteiger partial charge < -0.3 is 11.5 Å². The molecule has 0 saturated carbocycles. The molecule has 0 amide bonds. The van der Waals surface area contributed by atoms with Crippen molar-refractivity contribution in [3.8, 4) is 0 Å². The third-order valence-corrected chi connectivity index (χ3v) is 0.711. The predicted octanol–water partition coefficient (Wildman–Crippen LogP) is 0.364. The zero-order valence-electron chi connectivity index (χ0n) is 4.88. The summed E-state index contributed by atoms with van der Waals surface area (Å²) < 4.78 is 0. The van der Waals surface area contributed by atoms with Crippen molar-refractivity contribution in [3.63, 3.8) is 0 Å². The molecule has 0 fully saturated rings. The van der Waals surface area contributed by atoms with Crippen molar-refractivity contribution in [1.29, 1.82) is 0 Å². The van der Waals surface area contributed by atoms with E-state index in [1.165, 1.54) is 6.20 Å². The number of nitrogens with two attached hydrogens (primary N) is 2. The summed E-state index contributed by atoms with van der Waals surface area (Å²) in [6.07, 6.45) is 8.16. The fourth-order valence-electron chi connectivity index (χ4n) is 0.350. The molecule has 0 bridgehead atoms. The zero-order valence-corrected chi connectivity index (χ0v) is 4.88. The minimum absolute atomic E-state index is 0.610.